The van der Waals surface area contributed by atoms with E-state index >= 15 is 0 Å². The molecule has 24 heavy (non-hydrogen) atoms. The molecule has 1 aliphatic rings. The molecule has 0 aliphatic carbocycles. The molecule has 122 valence electrons. The number of fused-ring (bicyclic) bond motifs is 1. The van der Waals surface area contributed by atoms with Gasteiger partial charge in [-0.2, -0.15) is 0 Å². The smallest absolute Gasteiger partial charge is 0.148 e. The fourth-order valence-electron chi connectivity index (χ4n) is 3.18. The van der Waals surface area contributed by atoms with Crippen LogP contribution in [0.1, 0.15) is 17.6 Å². The van der Waals surface area contributed by atoms with Crippen LogP contribution in [0.5, 0.6) is 0 Å². The van der Waals surface area contributed by atoms with Crippen molar-refractivity contribution in [3.05, 3.63) is 58.2 Å². The van der Waals surface area contributed by atoms with Gasteiger partial charge in [0.05, 0.1) is 29.7 Å². The number of nitrogens with zero attached hydrogens (tertiary/aromatic N) is 3. The first-order chi connectivity index (χ1) is 11.7. The predicted octanol–water partition coefficient (Wildman–Crippen LogP) is 3.88. The van der Waals surface area contributed by atoms with E-state index in [0.717, 1.165) is 17.6 Å². The highest BCUT2D eigenvalue weighted by Gasteiger charge is 2.31. The van der Waals surface area contributed by atoms with Crippen LogP contribution in [0.3, 0.4) is 0 Å². The lowest BCUT2D eigenvalue weighted by Crippen LogP contribution is -2.26. The molecule has 0 saturated carbocycles. The molecule has 0 atom stereocenters. The van der Waals surface area contributed by atoms with Gasteiger partial charge in [0, 0.05) is 11.4 Å². The SMILES string of the molecule is CCn1c(C2=C(O)CN(Cc3cccs3)C2=N)nc2ccccc21. The summed E-state index contributed by atoms with van der Waals surface area (Å²) in [4.78, 5) is 7.74. The van der Waals surface area contributed by atoms with Gasteiger partial charge in [0.25, 0.3) is 0 Å². The molecule has 0 radical (unpaired) electrons. The summed E-state index contributed by atoms with van der Waals surface area (Å²) in [5.74, 6) is 1.24. The molecule has 2 aromatic heterocycles. The number of hydrogen-bond acceptors (Lipinski definition) is 4. The lowest BCUT2D eigenvalue weighted by molar-refractivity contribution is 0.348. The van der Waals surface area contributed by atoms with Gasteiger partial charge in [0.1, 0.15) is 17.4 Å². The maximum absolute atomic E-state index is 10.5. The molecular formula is C18H18N4OS. The number of nitrogens with one attached hydrogen (secondary N) is 1. The zero-order valence-electron chi connectivity index (χ0n) is 13.4. The number of aliphatic hydroxyl groups excluding tert-OH is 1. The predicted molar refractivity (Wildman–Crippen MR) is 97.4 cm³/mol. The normalized spacial score (nSPS) is 15.0. The van der Waals surface area contributed by atoms with Crippen molar-refractivity contribution in [3.63, 3.8) is 0 Å². The second-order valence-electron chi connectivity index (χ2n) is 5.77. The van der Waals surface area contributed by atoms with Gasteiger partial charge in [-0.15, -0.1) is 11.3 Å². The van der Waals surface area contributed by atoms with E-state index in [-0.39, 0.29) is 5.76 Å². The summed E-state index contributed by atoms with van der Waals surface area (Å²) in [5, 5.41) is 21.1. The van der Waals surface area contributed by atoms with E-state index in [1.165, 1.54) is 4.88 Å². The van der Waals surface area contributed by atoms with Gasteiger partial charge < -0.3 is 14.6 Å². The van der Waals surface area contributed by atoms with E-state index in [1.807, 2.05) is 46.7 Å². The number of aliphatic hydroxyl groups is 1. The summed E-state index contributed by atoms with van der Waals surface area (Å²) in [6.45, 7) is 3.79. The molecular weight excluding hydrogens is 320 g/mol. The Labute approximate surface area is 144 Å². The molecule has 2 N–H and O–H groups in total. The van der Waals surface area contributed by atoms with Gasteiger partial charge in [-0.25, -0.2) is 4.98 Å². The van der Waals surface area contributed by atoms with Crippen LogP contribution in [-0.2, 0) is 13.1 Å². The van der Waals surface area contributed by atoms with E-state index in [0.29, 0.717) is 30.3 Å². The summed E-state index contributed by atoms with van der Waals surface area (Å²) in [6.07, 6.45) is 0. The van der Waals surface area contributed by atoms with Crippen LogP contribution in [0.4, 0.5) is 0 Å². The Hall–Kier alpha value is -2.60. The van der Waals surface area contributed by atoms with Crippen molar-refractivity contribution >= 4 is 33.8 Å². The Morgan fingerprint density at radius 3 is 2.83 bits per heavy atom. The van der Waals surface area contributed by atoms with Crippen molar-refractivity contribution in [3.8, 4) is 0 Å². The van der Waals surface area contributed by atoms with Crippen molar-refractivity contribution in [2.75, 3.05) is 6.54 Å². The minimum absolute atomic E-state index is 0.224. The number of thiophene rings is 1. The van der Waals surface area contributed by atoms with Crippen molar-refractivity contribution in [1.29, 1.82) is 5.41 Å². The van der Waals surface area contributed by atoms with Crippen LogP contribution in [0.15, 0.2) is 47.5 Å². The molecule has 0 saturated heterocycles. The highest BCUT2D eigenvalue weighted by atomic mass is 32.1. The molecule has 5 nitrogen and oxygen atoms in total. The summed E-state index contributed by atoms with van der Waals surface area (Å²) in [6, 6.07) is 12.0. The fraction of sp³-hybridized carbons (Fsp3) is 0.222. The zero-order valence-corrected chi connectivity index (χ0v) is 14.2. The van der Waals surface area contributed by atoms with Gasteiger partial charge >= 0.3 is 0 Å². The number of aryl methyl sites for hydroxylation is 1. The van der Waals surface area contributed by atoms with Gasteiger partial charge in [-0.1, -0.05) is 18.2 Å². The Bertz CT molecular complexity index is 939. The minimum Gasteiger partial charge on any atom is -0.510 e. The van der Waals surface area contributed by atoms with Crippen LogP contribution < -0.4 is 0 Å². The summed E-state index contributed by atoms with van der Waals surface area (Å²) in [7, 11) is 0. The van der Waals surface area contributed by atoms with Gasteiger partial charge in [0.15, 0.2) is 0 Å². The number of imidazole rings is 1. The molecule has 0 fully saturated rings. The third-order valence-corrected chi connectivity index (χ3v) is 5.16. The van der Waals surface area contributed by atoms with Gasteiger partial charge in [-0.05, 0) is 30.5 Å². The lowest BCUT2D eigenvalue weighted by Gasteiger charge is -2.17. The first-order valence-electron chi connectivity index (χ1n) is 7.93. The first kappa shape index (κ1) is 15.0. The Morgan fingerprint density at radius 2 is 2.08 bits per heavy atom. The highest BCUT2D eigenvalue weighted by molar-refractivity contribution is 7.09. The van der Waals surface area contributed by atoms with Crippen LogP contribution in [-0.4, -0.2) is 31.9 Å². The quantitative estimate of drug-likeness (QED) is 0.759. The first-order valence-corrected chi connectivity index (χ1v) is 8.81. The zero-order chi connectivity index (χ0) is 16.7. The standard InChI is InChI=1S/C18H18N4OS/c1-2-22-14-8-4-3-7-13(14)20-18(22)16-15(23)11-21(17(16)19)10-12-6-5-9-24-12/h3-9,19,23H,2,10-11H2,1H3. The monoisotopic (exact) mass is 338 g/mol. The molecule has 0 unspecified atom stereocenters. The maximum Gasteiger partial charge on any atom is 0.148 e. The summed E-state index contributed by atoms with van der Waals surface area (Å²) in [5.41, 5.74) is 2.46. The number of hydrogen-bond donors (Lipinski definition) is 2. The average molecular weight is 338 g/mol. The van der Waals surface area contributed by atoms with E-state index in [4.69, 9.17) is 5.41 Å². The van der Waals surface area contributed by atoms with Gasteiger partial charge in [0.2, 0.25) is 0 Å². The number of amidine groups is 1. The van der Waals surface area contributed by atoms with E-state index in [2.05, 4.69) is 16.5 Å². The largest absolute Gasteiger partial charge is 0.510 e. The van der Waals surface area contributed by atoms with Crippen molar-refractivity contribution in [2.45, 2.75) is 20.0 Å². The molecule has 1 aromatic carbocycles. The Kier molecular flexibility index (Phi) is 3.61. The third kappa shape index (κ3) is 2.30. The summed E-state index contributed by atoms with van der Waals surface area (Å²) >= 11 is 1.66. The average Bonchev–Trinajstić information content (AvgIpc) is 3.26. The molecule has 4 rings (SSSR count). The van der Waals surface area contributed by atoms with Crippen LogP contribution in [0, 0.1) is 5.41 Å². The van der Waals surface area contributed by atoms with Crippen molar-refractivity contribution < 1.29 is 5.11 Å². The van der Waals surface area contributed by atoms with Gasteiger partial charge in [-0.3, -0.25) is 5.41 Å². The molecule has 6 heteroatoms. The maximum atomic E-state index is 10.5. The second-order valence-corrected chi connectivity index (χ2v) is 6.81. The summed E-state index contributed by atoms with van der Waals surface area (Å²) < 4.78 is 2.06. The minimum atomic E-state index is 0.224. The molecule has 0 bridgehead atoms. The van der Waals surface area contributed by atoms with E-state index in [1.54, 1.807) is 11.3 Å². The van der Waals surface area contributed by atoms with E-state index in [9.17, 15) is 5.11 Å². The van der Waals surface area contributed by atoms with Crippen LogP contribution in [0.25, 0.3) is 16.6 Å². The fourth-order valence-corrected chi connectivity index (χ4v) is 3.90. The third-order valence-electron chi connectivity index (χ3n) is 4.30. The Balaban J connectivity index is 1.73. The van der Waals surface area contributed by atoms with Crippen molar-refractivity contribution in [1.82, 2.24) is 14.5 Å². The topological polar surface area (TPSA) is 65.1 Å². The molecule has 3 aromatic rings. The molecule has 3 heterocycles. The molecule has 0 spiro atoms. The van der Waals surface area contributed by atoms with Crippen LogP contribution in [0.2, 0.25) is 0 Å². The lowest BCUT2D eigenvalue weighted by atomic mass is 10.2. The second kappa shape index (κ2) is 5.79. The number of rotatable bonds is 4. The number of benzene rings is 1. The molecule has 1 aliphatic heterocycles. The van der Waals surface area contributed by atoms with Crippen LogP contribution >= 0.6 is 11.3 Å². The number of para-hydroxylation sites is 2. The highest BCUT2D eigenvalue weighted by Crippen LogP contribution is 2.30. The Morgan fingerprint density at radius 1 is 1.25 bits per heavy atom. The van der Waals surface area contributed by atoms with Crippen molar-refractivity contribution in [2.24, 2.45) is 0 Å². The number of aromatic nitrogens is 2. The molecule has 0 amide bonds. The van der Waals surface area contributed by atoms with E-state index < -0.39 is 0 Å².